The molecule has 3 heterocycles. The van der Waals surface area contributed by atoms with Crippen molar-refractivity contribution >= 4 is 17.2 Å². The summed E-state index contributed by atoms with van der Waals surface area (Å²) in [6.07, 6.45) is 2.00. The van der Waals surface area contributed by atoms with Crippen LogP contribution in [0, 0.1) is 12.3 Å². The lowest BCUT2D eigenvalue weighted by Crippen LogP contribution is -2.35. The quantitative estimate of drug-likeness (QED) is 0.858. The Labute approximate surface area is 105 Å². The fraction of sp³-hybridized carbons (Fsp3) is 0.667. The summed E-state index contributed by atoms with van der Waals surface area (Å²) in [5.41, 5.74) is 0.939. The summed E-state index contributed by atoms with van der Waals surface area (Å²) in [6, 6.07) is 0. The van der Waals surface area contributed by atoms with Crippen LogP contribution in [-0.2, 0) is 11.3 Å². The third kappa shape index (κ3) is 1.87. The monoisotopic (exact) mass is 251 g/mol. The van der Waals surface area contributed by atoms with Gasteiger partial charge in [0.1, 0.15) is 0 Å². The number of aryl methyl sites for hydroxylation is 1. The van der Waals surface area contributed by atoms with Gasteiger partial charge in [-0.05, 0) is 26.3 Å². The fourth-order valence-corrected chi connectivity index (χ4v) is 3.46. The number of nitrogens with zero attached hydrogens (tertiary/aromatic N) is 2. The molecule has 1 aromatic heterocycles. The molecule has 0 radical (unpaired) electrons. The molecule has 1 spiro atoms. The molecule has 2 aliphatic heterocycles. The minimum absolute atomic E-state index is 0.0922. The first kappa shape index (κ1) is 11.2. The van der Waals surface area contributed by atoms with Gasteiger partial charge in [-0.3, -0.25) is 4.79 Å². The maximum absolute atomic E-state index is 12.4. The topological polar surface area (TPSA) is 45.2 Å². The van der Waals surface area contributed by atoms with E-state index in [-0.39, 0.29) is 5.41 Å². The van der Waals surface area contributed by atoms with Crippen LogP contribution < -0.4 is 5.32 Å². The molecule has 1 N–H and O–H groups in total. The molecule has 0 bridgehead atoms. The third-order valence-corrected chi connectivity index (χ3v) is 4.69. The van der Waals surface area contributed by atoms with Gasteiger partial charge in [-0.15, -0.1) is 11.3 Å². The van der Waals surface area contributed by atoms with Gasteiger partial charge < -0.3 is 10.2 Å². The highest BCUT2D eigenvalue weighted by Crippen LogP contribution is 2.37. The molecule has 2 saturated heterocycles. The van der Waals surface area contributed by atoms with Crippen molar-refractivity contribution in [2.45, 2.75) is 26.3 Å². The number of aromatic nitrogens is 1. The molecular weight excluding hydrogens is 234 g/mol. The minimum atomic E-state index is -0.0922. The molecule has 0 saturated carbocycles. The molecule has 1 aromatic rings. The zero-order valence-corrected chi connectivity index (χ0v) is 10.8. The van der Waals surface area contributed by atoms with E-state index in [1.807, 2.05) is 11.8 Å². The van der Waals surface area contributed by atoms with Gasteiger partial charge in [-0.2, -0.15) is 0 Å². The van der Waals surface area contributed by atoms with E-state index in [4.69, 9.17) is 0 Å². The smallest absolute Gasteiger partial charge is 0.230 e. The average Bonchev–Trinajstić information content (AvgIpc) is 2.99. The van der Waals surface area contributed by atoms with E-state index in [2.05, 4.69) is 15.7 Å². The summed E-state index contributed by atoms with van der Waals surface area (Å²) in [5.74, 6) is 0.327. The van der Waals surface area contributed by atoms with Crippen LogP contribution >= 0.6 is 11.3 Å². The number of carbonyl (C=O) groups is 1. The first-order valence-electron chi connectivity index (χ1n) is 6.11. The van der Waals surface area contributed by atoms with Crippen LogP contribution in [0.3, 0.4) is 0 Å². The zero-order chi connectivity index (χ0) is 11.9. The molecular formula is C12H17N3OS. The van der Waals surface area contributed by atoms with Gasteiger partial charge in [0, 0.05) is 18.5 Å². The predicted octanol–water partition coefficient (Wildman–Crippen LogP) is 1.16. The molecule has 0 aromatic carbocycles. The van der Waals surface area contributed by atoms with Gasteiger partial charge in [0.15, 0.2) is 0 Å². The number of thiazole rings is 1. The normalized spacial score (nSPS) is 28.5. The Bertz CT molecular complexity index is 437. The van der Waals surface area contributed by atoms with Crippen molar-refractivity contribution < 1.29 is 4.79 Å². The largest absolute Gasteiger partial charge is 0.336 e. The third-order valence-electron chi connectivity index (χ3n) is 3.86. The van der Waals surface area contributed by atoms with Crippen LogP contribution in [0.2, 0.25) is 0 Å². The van der Waals surface area contributed by atoms with Crippen molar-refractivity contribution in [2.75, 3.05) is 19.6 Å². The Kier molecular flexibility index (Phi) is 2.67. The van der Waals surface area contributed by atoms with Crippen LogP contribution in [0.25, 0.3) is 0 Å². The highest BCUT2D eigenvalue weighted by Gasteiger charge is 2.48. The van der Waals surface area contributed by atoms with E-state index in [9.17, 15) is 4.79 Å². The van der Waals surface area contributed by atoms with Crippen molar-refractivity contribution in [3.05, 3.63) is 16.1 Å². The van der Waals surface area contributed by atoms with Gasteiger partial charge in [0.05, 0.1) is 22.7 Å². The van der Waals surface area contributed by atoms with Crippen molar-refractivity contribution in [1.29, 1.82) is 0 Å². The Morgan fingerprint density at radius 2 is 2.47 bits per heavy atom. The second-order valence-corrected chi connectivity index (χ2v) is 6.10. The molecule has 0 aliphatic carbocycles. The number of likely N-dealkylation sites (tertiary alicyclic amines) is 1. The van der Waals surface area contributed by atoms with E-state index >= 15 is 0 Å². The molecule has 0 unspecified atom stereocenters. The Hall–Kier alpha value is -0.940. The summed E-state index contributed by atoms with van der Waals surface area (Å²) in [7, 11) is 0. The lowest BCUT2D eigenvalue weighted by atomic mass is 9.86. The molecule has 3 rings (SSSR count). The van der Waals surface area contributed by atoms with E-state index < -0.39 is 0 Å². The molecule has 2 fully saturated rings. The lowest BCUT2D eigenvalue weighted by Gasteiger charge is -2.21. The molecule has 92 valence electrons. The van der Waals surface area contributed by atoms with Crippen molar-refractivity contribution in [2.24, 2.45) is 5.41 Å². The van der Waals surface area contributed by atoms with Gasteiger partial charge >= 0.3 is 0 Å². The minimum Gasteiger partial charge on any atom is -0.336 e. The number of rotatable bonds is 2. The zero-order valence-electron chi connectivity index (χ0n) is 10.0. The number of carbonyl (C=O) groups excluding carboxylic acids is 1. The van der Waals surface area contributed by atoms with Crippen LogP contribution in [0.1, 0.15) is 23.5 Å². The highest BCUT2D eigenvalue weighted by atomic mass is 32.1. The maximum atomic E-state index is 12.4. The standard InChI is InChI=1S/C12H17N3OS/c1-9-14-10(7-17-9)6-15-5-3-12(11(15)16)2-4-13-8-12/h7,13H,2-6,8H2,1H3/t12-/m0/s1. The van der Waals surface area contributed by atoms with Crippen LogP contribution in [0.5, 0.6) is 0 Å². The molecule has 2 aliphatic rings. The molecule has 1 amide bonds. The summed E-state index contributed by atoms with van der Waals surface area (Å²) in [6.45, 7) is 5.41. The van der Waals surface area contributed by atoms with E-state index in [1.54, 1.807) is 11.3 Å². The summed E-state index contributed by atoms with van der Waals surface area (Å²) in [4.78, 5) is 18.8. The Morgan fingerprint density at radius 1 is 1.59 bits per heavy atom. The lowest BCUT2D eigenvalue weighted by molar-refractivity contribution is -0.135. The van der Waals surface area contributed by atoms with Crippen molar-refractivity contribution in [3.8, 4) is 0 Å². The average molecular weight is 251 g/mol. The second-order valence-electron chi connectivity index (χ2n) is 5.04. The highest BCUT2D eigenvalue weighted by molar-refractivity contribution is 7.09. The van der Waals surface area contributed by atoms with Gasteiger partial charge in [0.2, 0.25) is 5.91 Å². The summed E-state index contributed by atoms with van der Waals surface area (Å²) >= 11 is 1.65. The first-order valence-corrected chi connectivity index (χ1v) is 6.99. The predicted molar refractivity (Wildman–Crippen MR) is 66.8 cm³/mol. The van der Waals surface area contributed by atoms with E-state index in [0.717, 1.165) is 43.2 Å². The fourth-order valence-electron chi connectivity index (χ4n) is 2.86. The van der Waals surface area contributed by atoms with E-state index in [0.29, 0.717) is 12.5 Å². The number of hydrogen-bond donors (Lipinski definition) is 1. The maximum Gasteiger partial charge on any atom is 0.230 e. The van der Waals surface area contributed by atoms with Crippen LogP contribution in [-0.4, -0.2) is 35.4 Å². The molecule has 5 heteroatoms. The number of nitrogens with one attached hydrogen (secondary N) is 1. The van der Waals surface area contributed by atoms with Crippen LogP contribution in [0.4, 0.5) is 0 Å². The van der Waals surface area contributed by atoms with E-state index in [1.165, 1.54) is 0 Å². The van der Waals surface area contributed by atoms with Crippen LogP contribution in [0.15, 0.2) is 5.38 Å². The van der Waals surface area contributed by atoms with Gasteiger partial charge in [-0.1, -0.05) is 0 Å². The second kappa shape index (κ2) is 4.07. The molecule has 4 nitrogen and oxygen atoms in total. The Balaban J connectivity index is 1.72. The molecule has 1 atom stereocenters. The number of hydrogen-bond acceptors (Lipinski definition) is 4. The van der Waals surface area contributed by atoms with Crippen molar-refractivity contribution in [3.63, 3.8) is 0 Å². The SMILES string of the molecule is Cc1nc(CN2CC[C@]3(CCNC3)C2=O)cs1. The Morgan fingerprint density at radius 3 is 3.12 bits per heavy atom. The van der Waals surface area contributed by atoms with Crippen molar-refractivity contribution in [1.82, 2.24) is 15.2 Å². The molecule has 17 heavy (non-hydrogen) atoms. The first-order chi connectivity index (χ1) is 8.20. The summed E-state index contributed by atoms with van der Waals surface area (Å²) in [5, 5.41) is 6.44. The van der Waals surface area contributed by atoms with Gasteiger partial charge in [0.25, 0.3) is 0 Å². The van der Waals surface area contributed by atoms with Gasteiger partial charge in [-0.25, -0.2) is 4.98 Å². The number of amides is 1. The summed E-state index contributed by atoms with van der Waals surface area (Å²) < 4.78 is 0.